The van der Waals surface area contributed by atoms with Gasteiger partial charge in [0, 0.05) is 18.0 Å². The summed E-state index contributed by atoms with van der Waals surface area (Å²) in [4.78, 5) is 0. The molecule has 2 nitrogen and oxygen atoms in total. The van der Waals surface area contributed by atoms with Crippen LogP contribution in [-0.2, 0) is 0 Å². The quantitative estimate of drug-likeness (QED) is 0.641. The highest BCUT2D eigenvalue weighted by atomic mass is 19.1. The number of rotatable bonds is 0. The minimum atomic E-state index is -0.549. The Bertz CT molecular complexity index is 327. The number of anilines is 1. The molecule has 2 atom stereocenters. The van der Waals surface area contributed by atoms with Gasteiger partial charge in [0.15, 0.2) is 0 Å². The monoisotopic (exact) mass is 181 g/mol. The summed E-state index contributed by atoms with van der Waals surface area (Å²) in [6.07, 6.45) is -0.549. The minimum absolute atomic E-state index is 0.134. The van der Waals surface area contributed by atoms with Crippen LogP contribution < -0.4 is 5.32 Å². The Labute approximate surface area is 76.4 Å². The van der Waals surface area contributed by atoms with Gasteiger partial charge in [-0.15, -0.1) is 0 Å². The Kier molecular flexibility index (Phi) is 1.96. The molecule has 1 aromatic carbocycles. The molecular formula is C10H12FNO. The molecule has 13 heavy (non-hydrogen) atoms. The molecule has 3 heteroatoms. The van der Waals surface area contributed by atoms with E-state index in [9.17, 15) is 9.50 Å². The molecule has 2 rings (SSSR count). The van der Waals surface area contributed by atoms with E-state index in [0.29, 0.717) is 17.8 Å². The summed E-state index contributed by atoms with van der Waals surface area (Å²) in [5.74, 6) is -0.155. The summed E-state index contributed by atoms with van der Waals surface area (Å²) in [6.45, 7) is 2.56. The van der Waals surface area contributed by atoms with Crippen LogP contribution in [0.1, 0.15) is 18.6 Å². The van der Waals surface area contributed by atoms with Gasteiger partial charge < -0.3 is 10.4 Å². The van der Waals surface area contributed by atoms with Crippen LogP contribution >= 0.6 is 0 Å². The molecule has 0 spiro atoms. The summed E-state index contributed by atoms with van der Waals surface area (Å²) in [5.41, 5.74) is 1.12. The van der Waals surface area contributed by atoms with Gasteiger partial charge >= 0.3 is 0 Å². The molecule has 0 aromatic heterocycles. The van der Waals surface area contributed by atoms with Crippen molar-refractivity contribution in [3.8, 4) is 0 Å². The van der Waals surface area contributed by atoms with Gasteiger partial charge in [-0.05, 0) is 6.07 Å². The van der Waals surface area contributed by atoms with Crippen LogP contribution in [0.25, 0.3) is 0 Å². The topological polar surface area (TPSA) is 32.3 Å². The predicted molar refractivity (Wildman–Crippen MR) is 49.0 cm³/mol. The Morgan fingerprint density at radius 2 is 2.31 bits per heavy atom. The minimum Gasteiger partial charge on any atom is -0.388 e. The first-order valence-corrected chi connectivity index (χ1v) is 4.40. The van der Waals surface area contributed by atoms with Gasteiger partial charge in [-0.25, -0.2) is 4.39 Å². The summed E-state index contributed by atoms with van der Waals surface area (Å²) in [6, 6.07) is 4.78. The number of benzene rings is 1. The molecular weight excluding hydrogens is 169 g/mol. The summed E-state index contributed by atoms with van der Waals surface area (Å²) < 4.78 is 13.2. The normalized spacial score (nSPS) is 26.4. The van der Waals surface area contributed by atoms with Gasteiger partial charge in [-0.3, -0.25) is 0 Å². The zero-order valence-electron chi connectivity index (χ0n) is 7.42. The van der Waals surface area contributed by atoms with E-state index in [-0.39, 0.29) is 11.7 Å². The number of hydrogen-bond acceptors (Lipinski definition) is 2. The molecule has 70 valence electrons. The van der Waals surface area contributed by atoms with E-state index in [0.717, 1.165) is 0 Å². The number of aliphatic hydroxyl groups is 1. The number of hydrogen-bond donors (Lipinski definition) is 2. The molecule has 0 saturated heterocycles. The fraction of sp³-hybridized carbons (Fsp3) is 0.400. The Hall–Kier alpha value is -1.09. The molecule has 0 saturated carbocycles. The van der Waals surface area contributed by atoms with Crippen molar-refractivity contribution in [3.05, 3.63) is 29.6 Å². The SMILES string of the molecule is CC1CNc2c(F)cccc2C1O. The van der Waals surface area contributed by atoms with Crippen molar-refractivity contribution in [1.29, 1.82) is 0 Å². The van der Waals surface area contributed by atoms with Crippen LogP contribution in [0.4, 0.5) is 10.1 Å². The van der Waals surface area contributed by atoms with E-state index in [4.69, 9.17) is 0 Å². The van der Waals surface area contributed by atoms with Gasteiger partial charge in [-0.1, -0.05) is 19.1 Å². The van der Waals surface area contributed by atoms with Crippen LogP contribution in [0.2, 0.25) is 0 Å². The van der Waals surface area contributed by atoms with Crippen molar-refractivity contribution < 1.29 is 9.50 Å². The number of aliphatic hydroxyl groups excluding tert-OH is 1. The lowest BCUT2D eigenvalue weighted by molar-refractivity contribution is 0.119. The molecule has 1 aliphatic rings. The molecule has 0 fully saturated rings. The average Bonchev–Trinajstić information content (AvgIpc) is 2.12. The lowest BCUT2D eigenvalue weighted by atomic mass is 9.92. The van der Waals surface area contributed by atoms with Crippen LogP contribution in [0.5, 0.6) is 0 Å². The van der Waals surface area contributed by atoms with E-state index < -0.39 is 6.10 Å². The molecule has 1 heterocycles. The Morgan fingerprint density at radius 3 is 3.08 bits per heavy atom. The van der Waals surface area contributed by atoms with Gasteiger partial charge in [0.25, 0.3) is 0 Å². The van der Waals surface area contributed by atoms with Crippen molar-refractivity contribution in [1.82, 2.24) is 0 Å². The van der Waals surface area contributed by atoms with E-state index in [1.807, 2.05) is 6.92 Å². The lowest BCUT2D eigenvalue weighted by Crippen LogP contribution is -2.26. The van der Waals surface area contributed by atoms with Crippen molar-refractivity contribution >= 4 is 5.69 Å². The van der Waals surface area contributed by atoms with Crippen molar-refractivity contribution in [2.45, 2.75) is 13.0 Å². The second-order valence-corrected chi connectivity index (χ2v) is 3.51. The molecule has 0 amide bonds. The smallest absolute Gasteiger partial charge is 0.146 e. The Morgan fingerprint density at radius 1 is 1.54 bits per heavy atom. The zero-order valence-corrected chi connectivity index (χ0v) is 7.42. The number of halogens is 1. The van der Waals surface area contributed by atoms with E-state index in [1.165, 1.54) is 6.07 Å². The number of fused-ring (bicyclic) bond motifs is 1. The standard InChI is InChI=1S/C10H12FNO/c1-6-5-12-9-7(10(6)13)3-2-4-8(9)11/h2-4,6,10,12-13H,5H2,1H3. The first-order valence-electron chi connectivity index (χ1n) is 4.40. The summed E-state index contributed by atoms with van der Waals surface area (Å²) in [7, 11) is 0. The third-order valence-electron chi connectivity index (χ3n) is 2.50. The summed E-state index contributed by atoms with van der Waals surface area (Å²) >= 11 is 0. The third kappa shape index (κ3) is 1.29. The highest BCUT2D eigenvalue weighted by molar-refractivity contribution is 5.55. The maximum Gasteiger partial charge on any atom is 0.146 e. The molecule has 2 unspecified atom stereocenters. The highest BCUT2D eigenvalue weighted by Gasteiger charge is 2.25. The maximum atomic E-state index is 13.2. The van der Waals surface area contributed by atoms with Gasteiger partial charge in [0.2, 0.25) is 0 Å². The number of nitrogens with one attached hydrogen (secondary N) is 1. The zero-order chi connectivity index (χ0) is 9.42. The predicted octanol–water partition coefficient (Wildman–Crippen LogP) is 1.92. The van der Waals surface area contributed by atoms with Crippen LogP contribution in [-0.4, -0.2) is 11.7 Å². The first kappa shape index (κ1) is 8.51. The second kappa shape index (κ2) is 3.00. The maximum absolute atomic E-state index is 13.2. The van der Waals surface area contributed by atoms with Gasteiger partial charge in [-0.2, -0.15) is 0 Å². The van der Waals surface area contributed by atoms with Crippen molar-refractivity contribution in [2.24, 2.45) is 5.92 Å². The lowest BCUT2D eigenvalue weighted by Gasteiger charge is -2.28. The van der Waals surface area contributed by atoms with Crippen LogP contribution in [0.3, 0.4) is 0 Å². The molecule has 0 bridgehead atoms. The first-order chi connectivity index (χ1) is 6.20. The molecule has 1 aliphatic heterocycles. The Balaban J connectivity index is 2.49. The average molecular weight is 181 g/mol. The molecule has 2 N–H and O–H groups in total. The largest absolute Gasteiger partial charge is 0.388 e. The summed E-state index contributed by atoms with van der Waals surface area (Å²) in [5, 5.41) is 12.7. The highest BCUT2D eigenvalue weighted by Crippen LogP contribution is 2.34. The molecule has 0 aliphatic carbocycles. The second-order valence-electron chi connectivity index (χ2n) is 3.51. The van der Waals surface area contributed by atoms with E-state index in [2.05, 4.69) is 5.32 Å². The fourth-order valence-electron chi connectivity index (χ4n) is 1.65. The molecule has 1 aromatic rings. The molecule has 0 radical (unpaired) electrons. The van der Waals surface area contributed by atoms with Gasteiger partial charge in [0.05, 0.1) is 11.8 Å². The van der Waals surface area contributed by atoms with Gasteiger partial charge in [0.1, 0.15) is 5.82 Å². The third-order valence-corrected chi connectivity index (χ3v) is 2.50. The van der Waals surface area contributed by atoms with Crippen molar-refractivity contribution in [2.75, 3.05) is 11.9 Å². The van der Waals surface area contributed by atoms with Crippen LogP contribution in [0, 0.1) is 11.7 Å². The van der Waals surface area contributed by atoms with Crippen molar-refractivity contribution in [3.63, 3.8) is 0 Å². The van der Waals surface area contributed by atoms with E-state index >= 15 is 0 Å². The van der Waals surface area contributed by atoms with Crippen LogP contribution in [0.15, 0.2) is 18.2 Å². The number of para-hydroxylation sites is 1. The van der Waals surface area contributed by atoms with E-state index in [1.54, 1.807) is 12.1 Å². The fourth-order valence-corrected chi connectivity index (χ4v) is 1.65.